The van der Waals surface area contributed by atoms with Crippen LogP contribution in [-0.2, 0) is 0 Å². The van der Waals surface area contributed by atoms with Crippen LogP contribution in [0.2, 0.25) is 0 Å². The Morgan fingerprint density at radius 2 is 2.33 bits per heavy atom. The van der Waals surface area contributed by atoms with Crippen molar-refractivity contribution in [3.05, 3.63) is 0 Å². The summed E-state index contributed by atoms with van der Waals surface area (Å²) in [4.78, 5) is 2.48. The highest BCUT2D eigenvalue weighted by atomic mass is 16.3. The smallest absolute Gasteiger partial charge is 0.0468 e. The summed E-state index contributed by atoms with van der Waals surface area (Å²) in [6.07, 6.45) is 2.71. The Hall–Kier alpha value is -0.0800. The van der Waals surface area contributed by atoms with Gasteiger partial charge in [-0.1, -0.05) is 13.8 Å². The molecule has 0 aliphatic carbocycles. The second-order valence-electron chi connectivity index (χ2n) is 4.29. The molecule has 1 heterocycles. The second-order valence-corrected chi connectivity index (χ2v) is 4.29. The lowest BCUT2D eigenvalue weighted by Gasteiger charge is -2.32. The molecule has 1 unspecified atom stereocenters. The highest BCUT2D eigenvalue weighted by Gasteiger charge is 2.17. The van der Waals surface area contributed by atoms with Gasteiger partial charge in [0.25, 0.3) is 0 Å². The third-order valence-electron chi connectivity index (χ3n) is 2.62. The van der Waals surface area contributed by atoms with E-state index in [2.05, 4.69) is 18.7 Å². The zero-order valence-corrected chi connectivity index (χ0v) is 8.29. The molecule has 2 nitrogen and oxygen atoms in total. The van der Waals surface area contributed by atoms with Crippen molar-refractivity contribution in [2.75, 3.05) is 26.2 Å². The van der Waals surface area contributed by atoms with Gasteiger partial charge in [0.05, 0.1) is 0 Å². The number of aliphatic hydroxyl groups excluding tert-OH is 1. The van der Waals surface area contributed by atoms with E-state index < -0.39 is 0 Å². The summed E-state index contributed by atoms with van der Waals surface area (Å²) in [6.45, 7) is 8.28. The first-order chi connectivity index (χ1) is 5.72. The normalized spacial score (nSPS) is 28.8. The zero-order chi connectivity index (χ0) is 8.97. The van der Waals surface area contributed by atoms with Crippen molar-refractivity contribution in [3.63, 3.8) is 0 Å². The van der Waals surface area contributed by atoms with E-state index in [1.54, 1.807) is 0 Å². The van der Waals surface area contributed by atoms with E-state index >= 15 is 0 Å². The Morgan fingerprint density at radius 1 is 1.58 bits per heavy atom. The SMILES string of the molecule is CC(CO)CN1CCC[C@H](C)C1. The fraction of sp³-hybridized carbons (Fsp3) is 1.00. The van der Waals surface area contributed by atoms with Crippen molar-refractivity contribution < 1.29 is 5.11 Å². The van der Waals surface area contributed by atoms with Crippen LogP contribution in [0, 0.1) is 11.8 Å². The molecule has 0 bridgehead atoms. The van der Waals surface area contributed by atoms with Gasteiger partial charge in [-0.05, 0) is 31.2 Å². The van der Waals surface area contributed by atoms with Gasteiger partial charge in [-0.25, -0.2) is 0 Å². The van der Waals surface area contributed by atoms with E-state index in [0.29, 0.717) is 12.5 Å². The molecule has 0 radical (unpaired) electrons. The summed E-state index contributed by atoms with van der Waals surface area (Å²) >= 11 is 0. The molecule has 2 atom stereocenters. The van der Waals surface area contributed by atoms with Gasteiger partial charge in [0.15, 0.2) is 0 Å². The lowest BCUT2D eigenvalue weighted by Crippen LogP contribution is -2.37. The van der Waals surface area contributed by atoms with Gasteiger partial charge in [-0.2, -0.15) is 0 Å². The highest BCUT2D eigenvalue weighted by Crippen LogP contribution is 2.16. The minimum Gasteiger partial charge on any atom is -0.396 e. The summed E-state index contributed by atoms with van der Waals surface area (Å²) in [7, 11) is 0. The second kappa shape index (κ2) is 4.83. The molecule has 1 aliphatic rings. The number of aliphatic hydroxyl groups is 1. The minimum absolute atomic E-state index is 0.324. The summed E-state index contributed by atoms with van der Waals surface area (Å²) in [5, 5.41) is 8.90. The van der Waals surface area contributed by atoms with Crippen molar-refractivity contribution in [2.24, 2.45) is 11.8 Å². The molecule has 1 fully saturated rings. The molecule has 1 rings (SSSR count). The predicted molar refractivity (Wildman–Crippen MR) is 51.1 cm³/mol. The maximum absolute atomic E-state index is 8.90. The Kier molecular flexibility index (Phi) is 4.02. The van der Waals surface area contributed by atoms with Crippen LogP contribution in [0.25, 0.3) is 0 Å². The standard InChI is InChI=1S/C10H21NO/c1-9-4-3-5-11(6-9)7-10(2)8-12/h9-10,12H,3-8H2,1-2H3/t9-,10?/m0/s1. The van der Waals surface area contributed by atoms with Gasteiger partial charge < -0.3 is 10.0 Å². The fourth-order valence-electron chi connectivity index (χ4n) is 1.95. The monoisotopic (exact) mass is 171 g/mol. The molecule has 0 aromatic rings. The van der Waals surface area contributed by atoms with Crippen molar-refractivity contribution >= 4 is 0 Å². The molecule has 72 valence electrons. The third kappa shape index (κ3) is 3.11. The molecule has 0 amide bonds. The number of piperidine rings is 1. The van der Waals surface area contributed by atoms with E-state index in [1.165, 1.54) is 25.9 Å². The molecule has 0 aromatic heterocycles. The average molecular weight is 171 g/mol. The predicted octanol–water partition coefficient (Wildman–Crippen LogP) is 1.35. The summed E-state index contributed by atoms with van der Waals surface area (Å²) in [5.41, 5.74) is 0. The van der Waals surface area contributed by atoms with Crippen molar-refractivity contribution in [3.8, 4) is 0 Å². The van der Waals surface area contributed by atoms with Crippen LogP contribution in [0.3, 0.4) is 0 Å². The van der Waals surface area contributed by atoms with E-state index in [-0.39, 0.29) is 0 Å². The average Bonchev–Trinajstić information content (AvgIpc) is 2.04. The molecule has 1 aliphatic heterocycles. The lowest BCUT2D eigenvalue weighted by molar-refractivity contribution is 0.133. The molecule has 0 spiro atoms. The Bertz CT molecular complexity index is 127. The van der Waals surface area contributed by atoms with Crippen molar-refractivity contribution in [1.29, 1.82) is 0 Å². The van der Waals surface area contributed by atoms with Gasteiger partial charge in [0.2, 0.25) is 0 Å². The molecular weight excluding hydrogens is 150 g/mol. The van der Waals surface area contributed by atoms with Crippen LogP contribution < -0.4 is 0 Å². The molecule has 0 saturated carbocycles. The van der Waals surface area contributed by atoms with Crippen LogP contribution in [0.15, 0.2) is 0 Å². The van der Waals surface area contributed by atoms with Gasteiger partial charge in [-0.3, -0.25) is 0 Å². The Labute approximate surface area is 75.6 Å². The quantitative estimate of drug-likeness (QED) is 0.693. The van der Waals surface area contributed by atoms with Crippen LogP contribution in [0.4, 0.5) is 0 Å². The number of hydrogen-bond donors (Lipinski definition) is 1. The van der Waals surface area contributed by atoms with E-state index in [4.69, 9.17) is 5.11 Å². The third-order valence-corrected chi connectivity index (χ3v) is 2.62. The Morgan fingerprint density at radius 3 is 2.92 bits per heavy atom. The molecular formula is C10H21NO. The largest absolute Gasteiger partial charge is 0.396 e. The molecule has 1 N–H and O–H groups in total. The van der Waals surface area contributed by atoms with E-state index in [1.807, 2.05) is 0 Å². The molecule has 0 aromatic carbocycles. The van der Waals surface area contributed by atoms with Crippen molar-refractivity contribution in [1.82, 2.24) is 4.90 Å². The zero-order valence-electron chi connectivity index (χ0n) is 8.29. The summed E-state index contributed by atoms with van der Waals surface area (Å²) in [5.74, 6) is 1.29. The number of nitrogens with zero attached hydrogens (tertiary/aromatic N) is 1. The van der Waals surface area contributed by atoms with Gasteiger partial charge >= 0.3 is 0 Å². The first-order valence-corrected chi connectivity index (χ1v) is 5.05. The first kappa shape index (κ1) is 10.0. The summed E-state index contributed by atoms with van der Waals surface area (Å²) < 4.78 is 0. The molecule has 1 saturated heterocycles. The Balaban J connectivity index is 2.22. The van der Waals surface area contributed by atoms with Crippen LogP contribution in [0.5, 0.6) is 0 Å². The van der Waals surface area contributed by atoms with Gasteiger partial charge in [-0.15, -0.1) is 0 Å². The molecule has 12 heavy (non-hydrogen) atoms. The maximum Gasteiger partial charge on any atom is 0.0468 e. The maximum atomic E-state index is 8.90. The van der Waals surface area contributed by atoms with Gasteiger partial charge in [0, 0.05) is 19.7 Å². The fourth-order valence-corrected chi connectivity index (χ4v) is 1.95. The topological polar surface area (TPSA) is 23.5 Å². The lowest BCUT2D eigenvalue weighted by atomic mass is 9.99. The highest BCUT2D eigenvalue weighted by molar-refractivity contribution is 4.71. The number of rotatable bonds is 3. The van der Waals surface area contributed by atoms with Gasteiger partial charge in [0.1, 0.15) is 0 Å². The van der Waals surface area contributed by atoms with Crippen LogP contribution in [-0.4, -0.2) is 36.2 Å². The van der Waals surface area contributed by atoms with E-state index in [0.717, 1.165) is 12.5 Å². The van der Waals surface area contributed by atoms with Crippen LogP contribution in [0.1, 0.15) is 26.7 Å². The first-order valence-electron chi connectivity index (χ1n) is 5.05. The molecule has 2 heteroatoms. The minimum atomic E-state index is 0.324. The van der Waals surface area contributed by atoms with Crippen molar-refractivity contribution in [2.45, 2.75) is 26.7 Å². The number of hydrogen-bond acceptors (Lipinski definition) is 2. The van der Waals surface area contributed by atoms with E-state index in [9.17, 15) is 0 Å². The number of likely N-dealkylation sites (tertiary alicyclic amines) is 1. The summed E-state index contributed by atoms with van der Waals surface area (Å²) in [6, 6.07) is 0. The van der Waals surface area contributed by atoms with Crippen LogP contribution >= 0.6 is 0 Å².